The summed E-state index contributed by atoms with van der Waals surface area (Å²) in [6.45, 7) is 0.141. The second-order valence-electron chi connectivity index (χ2n) is 3.20. The number of rotatable bonds is 6. The quantitative estimate of drug-likeness (QED) is 0.562. The molecular formula is C7H16N2O4S. The van der Waals surface area contributed by atoms with Crippen LogP contribution >= 0.6 is 0 Å². The van der Waals surface area contributed by atoms with Crippen molar-refractivity contribution < 1.29 is 18.3 Å². The average molecular weight is 224 g/mol. The van der Waals surface area contributed by atoms with Crippen molar-refractivity contribution in [3.05, 3.63) is 0 Å². The van der Waals surface area contributed by atoms with E-state index in [2.05, 4.69) is 0 Å². The second-order valence-corrected chi connectivity index (χ2v) is 5.46. The predicted octanol–water partition coefficient (Wildman–Crippen LogP) is -1.63. The van der Waals surface area contributed by atoms with E-state index in [4.69, 9.17) is 10.8 Å². The molecule has 0 aliphatic heterocycles. The maximum Gasteiger partial charge on any atom is 0.322 e. The molecule has 84 valence electrons. The molecule has 6 nitrogen and oxygen atoms in total. The summed E-state index contributed by atoms with van der Waals surface area (Å²) in [6.07, 6.45) is 1.11. The van der Waals surface area contributed by atoms with Gasteiger partial charge in [-0.25, -0.2) is 8.42 Å². The van der Waals surface area contributed by atoms with Crippen LogP contribution in [0.1, 0.15) is 0 Å². The average Bonchev–Trinajstić information content (AvgIpc) is 2.00. The van der Waals surface area contributed by atoms with E-state index in [-0.39, 0.29) is 18.8 Å². The highest BCUT2D eigenvalue weighted by molar-refractivity contribution is 7.90. The lowest BCUT2D eigenvalue weighted by Crippen LogP contribution is -2.45. The van der Waals surface area contributed by atoms with Gasteiger partial charge < -0.3 is 10.8 Å². The van der Waals surface area contributed by atoms with Gasteiger partial charge in [-0.1, -0.05) is 0 Å². The monoisotopic (exact) mass is 224 g/mol. The Kier molecular flexibility index (Phi) is 5.03. The van der Waals surface area contributed by atoms with Crippen LogP contribution in [0.4, 0.5) is 0 Å². The highest BCUT2D eigenvalue weighted by atomic mass is 32.2. The fourth-order valence-corrected chi connectivity index (χ4v) is 1.55. The summed E-state index contributed by atoms with van der Waals surface area (Å²) in [7, 11) is -1.52. The van der Waals surface area contributed by atoms with E-state index >= 15 is 0 Å². The van der Waals surface area contributed by atoms with Gasteiger partial charge in [0.1, 0.15) is 15.9 Å². The topological polar surface area (TPSA) is 101 Å². The number of hydrogen-bond donors (Lipinski definition) is 2. The Hall–Kier alpha value is -0.660. The molecule has 7 heteroatoms. The number of carbonyl (C=O) groups is 1. The fourth-order valence-electron chi connectivity index (χ4n) is 0.935. The third-order valence-corrected chi connectivity index (χ3v) is 2.78. The van der Waals surface area contributed by atoms with E-state index in [1.807, 2.05) is 0 Å². The van der Waals surface area contributed by atoms with E-state index in [1.54, 1.807) is 0 Å². The molecule has 0 aromatic rings. The van der Waals surface area contributed by atoms with E-state index < -0.39 is 21.8 Å². The Morgan fingerprint density at radius 1 is 1.57 bits per heavy atom. The third kappa shape index (κ3) is 5.15. The van der Waals surface area contributed by atoms with Gasteiger partial charge in [0.15, 0.2) is 0 Å². The van der Waals surface area contributed by atoms with Crippen LogP contribution in [0.15, 0.2) is 0 Å². The first-order chi connectivity index (χ1) is 6.28. The number of aliphatic carboxylic acids is 1. The molecule has 0 bridgehead atoms. The molecule has 0 amide bonds. The Morgan fingerprint density at radius 3 is 2.36 bits per heavy atom. The van der Waals surface area contributed by atoms with Crippen LogP contribution in [-0.4, -0.2) is 62.6 Å². The minimum Gasteiger partial charge on any atom is -0.480 e. The van der Waals surface area contributed by atoms with Gasteiger partial charge in [-0.15, -0.1) is 0 Å². The minimum absolute atomic E-state index is 0.0321. The van der Waals surface area contributed by atoms with E-state index in [0.717, 1.165) is 6.26 Å². The van der Waals surface area contributed by atoms with Crippen LogP contribution in [0.3, 0.4) is 0 Å². The van der Waals surface area contributed by atoms with Crippen LogP contribution in [0.5, 0.6) is 0 Å². The number of sulfone groups is 1. The molecule has 0 heterocycles. The van der Waals surface area contributed by atoms with Crippen molar-refractivity contribution in [2.24, 2.45) is 5.73 Å². The SMILES string of the molecule is CN(CCS(C)(=O)=O)C(CN)C(=O)O. The normalized spacial score (nSPS) is 14.3. The molecular weight excluding hydrogens is 208 g/mol. The number of carboxylic acid groups (broad SMARTS) is 1. The Balaban J connectivity index is 4.19. The molecule has 0 spiro atoms. The molecule has 0 aliphatic rings. The van der Waals surface area contributed by atoms with Crippen molar-refractivity contribution in [1.82, 2.24) is 4.90 Å². The van der Waals surface area contributed by atoms with Gasteiger partial charge in [-0.05, 0) is 7.05 Å². The summed E-state index contributed by atoms with van der Waals surface area (Å²) in [5.41, 5.74) is 5.24. The number of nitrogens with two attached hydrogens (primary N) is 1. The molecule has 0 aromatic heterocycles. The molecule has 0 saturated heterocycles. The Labute approximate surface area is 83.6 Å². The van der Waals surface area contributed by atoms with Crippen molar-refractivity contribution in [1.29, 1.82) is 0 Å². The van der Waals surface area contributed by atoms with Crippen LogP contribution in [-0.2, 0) is 14.6 Å². The number of likely N-dealkylation sites (N-methyl/N-ethyl adjacent to an activating group) is 1. The smallest absolute Gasteiger partial charge is 0.322 e. The fraction of sp³-hybridized carbons (Fsp3) is 0.857. The van der Waals surface area contributed by atoms with Gasteiger partial charge in [0.2, 0.25) is 0 Å². The summed E-state index contributed by atoms with van der Waals surface area (Å²) in [4.78, 5) is 12.0. The van der Waals surface area contributed by atoms with E-state index in [9.17, 15) is 13.2 Å². The second kappa shape index (κ2) is 5.28. The molecule has 1 unspecified atom stereocenters. The molecule has 0 fully saturated rings. The zero-order valence-electron chi connectivity index (χ0n) is 8.30. The van der Waals surface area contributed by atoms with Crippen molar-refractivity contribution in [2.75, 3.05) is 32.1 Å². The summed E-state index contributed by atoms with van der Waals surface area (Å²) >= 11 is 0. The maximum atomic E-state index is 10.8. The lowest BCUT2D eigenvalue weighted by Gasteiger charge is -2.22. The van der Waals surface area contributed by atoms with E-state index in [1.165, 1.54) is 11.9 Å². The summed E-state index contributed by atoms with van der Waals surface area (Å²) < 4.78 is 21.6. The summed E-state index contributed by atoms with van der Waals surface area (Å²) in [5.74, 6) is -1.10. The first-order valence-electron chi connectivity index (χ1n) is 4.08. The largest absolute Gasteiger partial charge is 0.480 e. The first kappa shape index (κ1) is 13.3. The van der Waals surface area contributed by atoms with Gasteiger partial charge in [0.25, 0.3) is 0 Å². The zero-order valence-corrected chi connectivity index (χ0v) is 9.12. The molecule has 0 saturated carbocycles. The van der Waals surface area contributed by atoms with Crippen LogP contribution in [0.2, 0.25) is 0 Å². The molecule has 14 heavy (non-hydrogen) atoms. The molecule has 3 N–H and O–H groups in total. The van der Waals surface area contributed by atoms with Crippen molar-refractivity contribution in [2.45, 2.75) is 6.04 Å². The predicted molar refractivity (Wildman–Crippen MR) is 52.8 cm³/mol. The lowest BCUT2D eigenvalue weighted by molar-refractivity contribution is -0.142. The number of hydrogen-bond acceptors (Lipinski definition) is 5. The molecule has 0 radical (unpaired) electrons. The number of carboxylic acids is 1. The van der Waals surface area contributed by atoms with Crippen molar-refractivity contribution in [3.8, 4) is 0 Å². The standard InChI is InChI=1S/C7H16N2O4S/c1-9(3-4-14(2,12)13)6(5-8)7(10)11/h6H,3-5,8H2,1-2H3,(H,10,11). The highest BCUT2D eigenvalue weighted by Gasteiger charge is 2.21. The van der Waals surface area contributed by atoms with Gasteiger partial charge in [-0.3, -0.25) is 9.69 Å². The van der Waals surface area contributed by atoms with Crippen LogP contribution in [0.25, 0.3) is 0 Å². The summed E-state index contributed by atoms with van der Waals surface area (Å²) in [5, 5.41) is 8.70. The molecule has 0 rings (SSSR count). The zero-order chi connectivity index (χ0) is 11.4. The lowest BCUT2D eigenvalue weighted by atomic mass is 10.3. The minimum atomic E-state index is -3.06. The van der Waals surface area contributed by atoms with Gasteiger partial charge >= 0.3 is 5.97 Å². The van der Waals surface area contributed by atoms with Gasteiger partial charge in [0.05, 0.1) is 5.75 Å². The first-order valence-corrected chi connectivity index (χ1v) is 6.15. The summed E-state index contributed by atoms with van der Waals surface area (Å²) in [6, 6.07) is -0.822. The van der Waals surface area contributed by atoms with E-state index in [0.29, 0.717) is 0 Å². The van der Waals surface area contributed by atoms with Gasteiger partial charge in [0, 0.05) is 19.3 Å². The third-order valence-electron chi connectivity index (χ3n) is 1.86. The Bertz CT molecular complexity index is 288. The van der Waals surface area contributed by atoms with Gasteiger partial charge in [-0.2, -0.15) is 0 Å². The molecule has 0 aliphatic carbocycles. The number of nitrogens with zero attached hydrogens (tertiary/aromatic N) is 1. The van der Waals surface area contributed by atoms with Crippen LogP contribution < -0.4 is 5.73 Å². The molecule has 0 aromatic carbocycles. The van der Waals surface area contributed by atoms with Crippen molar-refractivity contribution in [3.63, 3.8) is 0 Å². The highest BCUT2D eigenvalue weighted by Crippen LogP contribution is 1.96. The van der Waals surface area contributed by atoms with Crippen molar-refractivity contribution >= 4 is 15.8 Å². The van der Waals surface area contributed by atoms with Crippen LogP contribution in [0, 0.1) is 0 Å². The molecule has 1 atom stereocenters. The Morgan fingerprint density at radius 2 is 2.07 bits per heavy atom. The maximum absolute atomic E-state index is 10.8.